The molecule has 2 rings (SSSR count). The smallest absolute Gasteiger partial charge is 0.0462 e. The van der Waals surface area contributed by atoms with Gasteiger partial charge in [-0.05, 0) is 17.9 Å². The van der Waals surface area contributed by atoms with Gasteiger partial charge < -0.3 is 0 Å². The van der Waals surface area contributed by atoms with Gasteiger partial charge in [0, 0.05) is 6.04 Å². The number of benzene rings is 1. The first-order chi connectivity index (χ1) is 8.40. The lowest BCUT2D eigenvalue weighted by Crippen LogP contribution is -2.29. The Bertz CT molecular complexity index is 302. The van der Waals surface area contributed by atoms with Crippen molar-refractivity contribution in [1.29, 1.82) is 0 Å². The van der Waals surface area contributed by atoms with Gasteiger partial charge >= 0.3 is 0 Å². The molecule has 0 radical (unpaired) electrons. The summed E-state index contributed by atoms with van der Waals surface area (Å²) in [4.78, 5) is 0. The molecule has 0 aromatic heterocycles. The summed E-state index contributed by atoms with van der Waals surface area (Å²) in [7, 11) is 0. The second-order valence-corrected chi connectivity index (χ2v) is 5.22. The zero-order chi connectivity index (χ0) is 11.9. The Kier molecular flexibility index (Phi) is 5.02. The highest BCUT2D eigenvalue weighted by molar-refractivity contribution is 5.18. The SMILES string of the molecule is NNC(CC1CCCCCC1)c1ccccc1. The summed E-state index contributed by atoms with van der Waals surface area (Å²) in [5.41, 5.74) is 4.30. The van der Waals surface area contributed by atoms with Crippen molar-refractivity contribution in [2.75, 3.05) is 0 Å². The second kappa shape index (κ2) is 6.77. The van der Waals surface area contributed by atoms with E-state index in [4.69, 9.17) is 5.84 Å². The molecule has 0 heterocycles. The Morgan fingerprint density at radius 1 is 1.06 bits per heavy atom. The van der Waals surface area contributed by atoms with Gasteiger partial charge in [0.05, 0.1) is 0 Å². The summed E-state index contributed by atoms with van der Waals surface area (Å²) < 4.78 is 0. The van der Waals surface area contributed by atoms with Crippen LogP contribution in [0.1, 0.15) is 56.6 Å². The Balaban J connectivity index is 1.94. The number of hydrogen-bond donors (Lipinski definition) is 2. The van der Waals surface area contributed by atoms with Gasteiger partial charge in [-0.2, -0.15) is 0 Å². The fraction of sp³-hybridized carbons (Fsp3) is 0.600. The number of nitrogens with one attached hydrogen (secondary N) is 1. The number of rotatable bonds is 4. The third-order valence-electron chi connectivity index (χ3n) is 3.95. The van der Waals surface area contributed by atoms with Crippen molar-refractivity contribution >= 4 is 0 Å². The van der Waals surface area contributed by atoms with Crippen LogP contribution >= 0.6 is 0 Å². The van der Waals surface area contributed by atoms with Crippen molar-refractivity contribution in [2.24, 2.45) is 11.8 Å². The van der Waals surface area contributed by atoms with Gasteiger partial charge in [-0.1, -0.05) is 68.9 Å². The number of hydrogen-bond acceptors (Lipinski definition) is 2. The molecule has 2 heteroatoms. The highest BCUT2D eigenvalue weighted by atomic mass is 15.2. The van der Waals surface area contributed by atoms with Gasteiger partial charge in [-0.3, -0.25) is 11.3 Å². The molecule has 1 saturated carbocycles. The van der Waals surface area contributed by atoms with E-state index >= 15 is 0 Å². The summed E-state index contributed by atoms with van der Waals surface area (Å²) in [6.45, 7) is 0. The molecule has 1 aromatic rings. The molecule has 1 fully saturated rings. The minimum atomic E-state index is 0.319. The molecule has 1 aliphatic carbocycles. The van der Waals surface area contributed by atoms with E-state index in [9.17, 15) is 0 Å². The van der Waals surface area contributed by atoms with Crippen molar-refractivity contribution in [3.63, 3.8) is 0 Å². The molecule has 0 amide bonds. The predicted octanol–water partition coefficient (Wildman–Crippen LogP) is 3.55. The zero-order valence-corrected chi connectivity index (χ0v) is 10.6. The van der Waals surface area contributed by atoms with E-state index < -0.39 is 0 Å². The molecule has 0 aliphatic heterocycles. The third-order valence-corrected chi connectivity index (χ3v) is 3.95. The van der Waals surface area contributed by atoms with E-state index in [1.807, 2.05) is 0 Å². The van der Waals surface area contributed by atoms with Crippen LogP contribution in [-0.2, 0) is 0 Å². The molecule has 0 bridgehead atoms. The Morgan fingerprint density at radius 3 is 2.29 bits per heavy atom. The van der Waals surface area contributed by atoms with E-state index in [1.165, 1.54) is 50.5 Å². The van der Waals surface area contributed by atoms with Crippen LogP contribution in [-0.4, -0.2) is 0 Å². The first kappa shape index (κ1) is 12.6. The van der Waals surface area contributed by atoms with Crippen LogP contribution in [0.2, 0.25) is 0 Å². The predicted molar refractivity (Wildman–Crippen MR) is 72.3 cm³/mol. The topological polar surface area (TPSA) is 38.0 Å². The van der Waals surface area contributed by atoms with E-state index in [0.717, 1.165) is 5.92 Å². The van der Waals surface area contributed by atoms with Crippen LogP contribution in [0.15, 0.2) is 30.3 Å². The molecule has 1 aromatic carbocycles. The van der Waals surface area contributed by atoms with Gasteiger partial charge in [0.1, 0.15) is 0 Å². The number of nitrogens with two attached hydrogens (primary N) is 1. The lowest BCUT2D eigenvalue weighted by Gasteiger charge is -2.22. The summed E-state index contributed by atoms with van der Waals surface area (Å²) in [5.74, 6) is 6.56. The Morgan fingerprint density at radius 2 is 1.71 bits per heavy atom. The summed E-state index contributed by atoms with van der Waals surface area (Å²) >= 11 is 0. The maximum Gasteiger partial charge on any atom is 0.0462 e. The van der Waals surface area contributed by atoms with Gasteiger partial charge in [0.25, 0.3) is 0 Å². The van der Waals surface area contributed by atoms with Gasteiger partial charge in [-0.15, -0.1) is 0 Å². The first-order valence-electron chi connectivity index (χ1n) is 6.91. The van der Waals surface area contributed by atoms with Crippen molar-refractivity contribution in [2.45, 2.75) is 51.0 Å². The van der Waals surface area contributed by atoms with E-state index in [1.54, 1.807) is 0 Å². The fourth-order valence-electron chi connectivity index (χ4n) is 2.92. The molecule has 1 aliphatic rings. The highest BCUT2D eigenvalue weighted by Crippen LogP contribution is 2.30. The van der Waals surface area contributed by atoms with Gasteiger partial charge in [-0.25, -0.2) is 0 Å². The molecule has 17 heavy (non-hydrogen) atoms. The van der Waals surface area contributed by atoms with Crippen LogP contribution in [0.4, 0.5) is 0 Å². The average Bonchev–Trinajstić information content (AvgIpc) is 2.65. The van der Waals surface area contributed by atoms with E-state index in [-0.39, 0.29) is 0 Å². The molecule has 94 valence electrons. The zero-order valence-electron chi connectivity index (χ0n) is 10.6. The molecule has 1 atom stereocenters. The van der Waals surface area contributed by atoms with Crippen LogP contribution in [0, 0.1) is 5.92 Å². The van der Waals surface area contributed by atoms with Crippen molar-refractivity contribution in [3.8, 4) is 0 Å². The normalized spacial score (nSPS) is 19.8. The van der Waals surface area contributed by atoms with Gasteiger partial charge in [0.2, 0.25) is 0 Å². The molecule has 2 nitrogen and oxygen atoms in total. The quantitative estimate of drug-likeness (QED) is 0.473. The lowest BCUT2D eigenvalue weighted by molar-refractivity contribution is 0.359. The fourth-order valence-corrected chi connectivity index (χ4v) is 2.92. The lowest BCUT2D eigenvalue weighted by atomic mass is 9.90. The maximum atomic E-state index is 5.71. The molecular formula is C15H24N2. The molecule has 1 unspecified atom stereocenters. The van der Waals surface area contributed by atoms with Crippen LogP contribution in [0.25, 0.3) is 0 Å². The van der Waals surface area contributed by atoms with Crippen LogP contribution in [0.3, 0.4) is 0 Å². The largest absolute Gasteiger partial charge is 0.271 e. The molecular weight excluding hydrogens is 208 g/mol. The minimum Gasteiger partial charge on any atom is -0.271 e. The molecule has 0 spiro atoms. The summed E-state index contributed by atoms with van der Waals surface area (Å²) in [6.07, 6.45) is 9.58. The summed E-state index contributed by atoms with van der Waals surface area (Å²) in [5, 5.41) is 0. The highest BCUT2D eigenvalue weighted by Gasteiger charge is 2.18. The second-order valence-electron chi connectivity index (χ2n) is 5.22. The number of hydrazine groups is 1. The van der Waals surface area contributed by atoms with Crippen LogP contribution < -0.4 is 11.3 Å². The third kappa shape index (κ3) is 3.83. The average molecular weight is 232 g/mol. The standard InChI is InChI=1S/C15H24N2/c16-17-15(14-10-6-3-7-11-14)12-13-8-4-1-2-5-9-13/h3,6-7,10-11,13,15,17H,1-2,4-5,8-9,12,16H2. The summed E-state index contributed by atoms with van der Waals surface area (Å²) in [6, 6.07) is 10.9. The van der Waals surface area contributed by atoms with E-state index in [2.05, 4.69) is 35.8 Å². The Labute approximate surface area is 105 Å². The van der Waals surface area contributed by atoms with Crippen molar-refractivity contribution in [1.82, 2.24) is 5.43 Å². The van der Waals surface area contributed by atoms with Crippen molar-refractivity contribution in [3.05, 3.63) is 35.9 Å². The maximum absolute atomic E-state index is 5.71. The minimum absolute atomic E-state index is 0.319. The van der Waals surface area contributed by atoms with E-state index in [0.29, 0.717) is 6.04 Å². The van der Waals surface area contributed by atoms with Crippen molar-refractivity contribution < 1.29 is 0 Å². The first-order valence-corrected chi connectivity index (χ1v) is 6.91. The molecule has 0 saturated heterocycles. The van der Waals surface area contributed by atoms with Crippen LogP contribution in [0.5, 0.6) is 0 Å². The Hall–Kier alpha value is -0.860. The van der Waals surface area contributed by atoms with Gasteiger partial charge in [0.15, 0.2) is 0 Å². The molecule has 3 N–H and O–H groups in total. The monoisotopic (exact) mass is 232 g/mol.